The van der Waals surface area contributed by atoms with Crippen molar-refractivity contribution in [3.05, 3.63) is 47.8 Å². The molecule has 0 bridgehead atoms. The third-order valence-corrected chi connectivity index (χ3v) is 2.41. The van der Waals surface area contributed by atoms with Crippen molar-refractivity contribution in [2.45, 2.75) is 19.5 Å². The van der Waals surface area contributed by atoms with Gasteiger partial charge in [0.1, 0.15) is 5.82 Å². The SMILES string of the molecule is CCn1cc(C(N)c2ccc(F)cn2)cn1. The number of halogens is 1. The maximum Gasteiger partial charge on any atom is 0.141 e. The van der Waals surface area contributed by atoms with Crippen LogP contribution in [0.25, 0.3) is 0 Å². The largest absolute Gasteiger partial charge is 0.319 e. The molecule has 0 aliphatic heterocycles. The molecular weight excluding hydrogens is 207 g/mol. The van der Waals surface area contributed by atoms with Gasteiger partial charge in [-0.2, -0.15) is 5.10 Å². The minimum Gasteiger partial charge on any atom is -0.319 e. The normalized spacial score (nSPS) is 12.7. The highest BCUT2D eigenvalue weighted by atomic mass is 19.1. The van der Waals surface area contributed by atoms with Crippen molar-refractivity contribution in [3.63, 3.8) is 0 Å². The van der Waals surface area contributed by atoms with E-state index in [-0.39, 0.29) is 11.9 Å². The van der Waals surface area contributed by atoms with Gasteiger partial charge in [0.25, 0.3) is 0 Å². The van der Waals surface area contributed by atoms with Gasteiger partial charge in [0.05, 0.1) is 24.1 Å². The number of hydrogen-bond donors (Lipinski definition) is 1. The lowest BCUT2D eigenvalue weighted by Gasteiger charge is -2.07. The van der Waals surface area contributed by atoms with Crippen LogP contribution in [-0.4, -0.2) is 14.8 Å². The number of rotatable bonds is 3. The maximum atomic E-state index is 12.7. The fraction of sp³-hybridized carbons (Fsp3) is 0.273. The number of hydrogen-bond acceptors (Lipinski definition) is 3. The molecule has 0 radical (unpaired) electrons. The molecule has 0 fully saturated rings. The predicted octanol–water partition coefficient (Wildman–Crippen LogP) is 1.49. The van der Waals surface area contributed by atoms with E-state index in [1.807, 2.05) is 13.1 Å². The molecule has 2 rings (SSSR count). The van der Waals surface area contributed by atoms with Crippen LogP contribution in [0.4, 0.5) is 4.39 Å². The molecule has 2 heterocycles. The molecular formula is C11H13FN4. The molecule has 4 nitrogen and oxygen atoms in total. The Labute approximate surface area is 92.9 Å². The number of aryl methyl sites for hydroxylation is 1. The average Bonchev–Trinajstić information content (AvgIpc) is 2.77. The number of nitrogens with two attached hydrogens (primary N) is 1. The molecule has 1 unspecified atom stereocenters. The lowest BCUT2D eigenvalue weighted by atomic mass is 10.1. The molecule has 0 spiro atoms. The van der Waals surface area contributed by atoms with E-state index in [9.17, 15) is 4.39 Å². The second kappa shape index (κ2) is 4.40. The summed E-state index contributed by atoms with van der Waals surface area (Å²) in [5.74, 6) is -0.361. The van der Waals surface area contributed by atoms with Gasteiger partial charge < -0.3 is 5.73 Å². The summed E-state index contributed by atoms with van der Waals surface area (Å²) in [5.41, 5.74) is 7.51. The zero-order valence-electron chi connectivity index (χ0n) is 8.97. The molecule has 2 N–H and O–H groups in total. The molecule has 0 saturated carbocycles. The summed E-state index contributed by atoms with van der Waals surface area (Å²) < 4.78 is 14.5. The second-order valence-corrected chi connectivity index (χ2v) is 3.51. The van der Waals surface area contributed by atoms with Crippen LogP contribution < -0.4 is 5.73 Å². The smallest absolute Gasteiger partial charge is 0.141 e. The lowest BCUT2D eigenvalue weighted by molar-refractivity contribution is 0.617. The van der Waals surface area contributed by atoms with E-state index >= 15 is 0 Å². The van der Waals surface area contributed by atoms with Crippen LogP contribution in [0.5, 0.6) is 0 Å². The van der Waals surface area contributed by atoms with Crippen LogP contribution in [0.1, 0.15) is 24.2 Å². The molecule has 5 heteroatoms. The Morgan fingerprint density at radius 2 is 2.25 bits per heavy atom. The Bertz CT molecular complexity index is 463. The van der Waals surface area contributed by atoms with Gasteiger partial charge in [0.2, 0.25) is 0 Å². The Morgan fingerprint density at radius 3 is 2.81 bits per heavy atom. The summed E-state index contributed by atoms with van der Waals surface area (Å²) in [6.45, 7) is 2.79. The van der Waals surface area contributed by atoms with Gasteiger partial charge in [-0.05, 0) is 19.1 Å². The zero-order valence-corrected chi connectivity index (χ0v) is 8.97. The van der Waals surface area contributed by atoms with Gasteiger partial charge in [-0.1, -0.05) is 0 Å². The van der Waals surface area contributed by atoms with E-state index < -0.39 is 0 Å². The minimum absolute atomic E-state index is 0.360. The summed E-state index contributed by atoms with van der Waals surface area (Å²) >= 11 is 0. The third-order valence-electron chi connectivity index (χ3n) is 2.41. The number of aromatic nitrogens is 3. The Balaban J connectivity index is 2.24. The van der Waals surface area contributed by atoms with E-state index in [4.69, 9.17) is 5.73 Å². The highest BCUT2D eigenvalue weighted by Gasteiger charge is 2.12. The highest BCUT2D eigenvalue weighted by molar-refractivity contribution is 5.22. The molecule has 0 amide bonds. The second-order valence-electron chi connectivity index (χ2n) is 3.51. The third kappa shape index (κ3) is 2.09. The number of nitrogens with zero attached hydrogens (tertiary/aromatic N) is 3. The van der Waals surface area contributed by atoms with Gasteiger partial charge in [-0.15, -0.1) is 0 Å². The first-order chi connectivity index (χ1) is 7.70. The first kappa shape index (κ1) is 10.8. The molecule has 0 saturated heterocycles. The summed E-state index contributed by atoms with van der Waals surface area (Å²) in [6, 6.07) is 2.58. The van der Waals surface area contributed by atoms with Gasteiger partial charge >= 0.3 is 0 Å². The highest BCUT2D eigenvalue weighted by Crippen LogP contribution is 2.16. The molecule has 0 aromatic carbocycles. The topological polar surface area (TPSA) is 56.7 Å². The maximum absolute atomic E-state index is 12.7. The van der Waals surface area contributed by atoms with Crippen LogP contribution in [0, 0.1) is 5.82 Å². The summed E-state index contributed by atoms with van der Waals surface area (Å²) in [7, 11) is 0. The number of pyridine rings is 1. The van der Waals surface area contributed by atoms with Gasteiger partial charge in [0.15, 0.2) is 0 Å². The standard InChI is InChI=1S/C11H13FN4/c1-2-16-7-8(5-15-16)11(13)10-4-3-9(12)6-14-10/h3-7,11H,2,13H2,1H3. The Hall–Kier alpha value is -1.75. The molecule has 16 heavy (non-hydrogen) atoms. The summed E-state index contributed by atoms with van der Waals surface area (Å²) in [4.78, 5) is 3.95. The van der Waals surface area contributed by atoms with Crippen molar-refractivity contribution in [2.75, 3.05) is 0 Å². The first-order valence-corrected chi connectivity index (χ1v) is 5.10. The van der Waals surface area contributed by atoms with E-state index in [0.717, 1.165) is 12.1 Å². The fourth-order valence-corrected chi connectivity index (χ4v) is 1.46. The lowest BCUT2D eigenvalue weighted by Crippen LogP contribution is -2.12. The van der Waals surface area contributed by atoms with Gasteiger partial charge in [-0.25, -0.2) is 4.39 Å². The van der Waals surface area contributed by atoms with Gasteiger partial charge in [-0.3, -0.25) is 9.67 Å². The van der Waals surface area contributed by atoms with E-state index in [0.29, 0.717) is 5.69 Å². The quantitative estimate of drug-likeness (QED) is 0.852. The van der Waals surface area contributed by atoms with E-state index in [1.54, 1.807) is 16.9 Å². The molecule has 2 aromatic rings. The summed E-state index contributed by atoms with van der Waals surface area (Å²) in [5, 5.41) is 4.13. The minimum atomic E-state index is -0.361. The van der Waals surface area contributed by atoms with Crippen LogP contribution in [-0.2, 0) is 6.54 Å². The Morgan fingerprint density at radius 1 is 1.44 bits per heavy atom. The van der Waals surface area contributed by atoms with Crippen molar-refractivity contribution in [1.29, 1.82) is 0 Å². The Kier molecular flexibility index (Phi) is 2.96. The monoisotopic (exact) mass is 220 g/mol. The van der Waals surface area contributed by atoms with E-state index in [2.05, 4.69) is 10.1 Å². The predicted molar refractivity (Wildman–Crippen MR) is 58.1 cm³/mol. The molecule has 1 atom stereocenters. The summed E-state index contributed by atoms with van der Waals surface area (Å²) in [6.07, 6.45) is 4.74. The molecule has 0 aliphatic rings. The van der Waals surface area contributed by atoms with Crippen LogP contribution in [0.2, 0.25) is 0 Å². The van der Waals surface area contributed by atoms with Crippen LogP contribution in [0.3, 0.4) is 0 Å². The van der Waals surface area contributed by atoms with Crippen molar-refractivity contribution in [2.24, 2.45) is 5.73 Å². The fourth-order valence-electron chi connectivity index (χ4n) is 1.46. The zero-order chi connectivity index (χ0) is 11.5. The average molecular weight is 220 g/mol. The molecule has 2 aromatic heterocycles. The van der Waals surface area contributed by atoms with Crippen molar-refractivity contribution >= 4 is 0 Å². The van der Waals surface area contributed by atoms with Crippen molar-refractivity contribution in [1.82, 2.24) is 14.8 Å². The van der Waals surface area contributed by atoms with Crippen LogP contribution >= 0.6 is 0 Å². The van der Waals surface area contributed by atoms with E-state index in [1.165, 1.54) is 12.3 Å². The van der Waals surface area contributed by atoms with Gasteiger partial charge in [0, 0.05) is 18.3 Å². The van der Waals surface area contributed by atoms with Crippen LogP contribution in [0.15, 0.2) is 30.7 Å². The first-order valence-electron chi connectivity index (χ1n) is 5.10. The van der Waals surface area contributed by atoms with Crippen molar-refractivity contribution < 1.29 is 4.39 Å². The molecule has 84 valence electrons. The molecule has 0 aliphatic carbocycles. The van der Waals surface area contributed by atoms with Crippen molar-refractivity contribution in [3.8, 4) is 0 Å².